The molecule has 0 atom stereocenters. The molecule has 2 aromatic heterocycles. The highest BCUT2D eigenvalue weighted by Crippen LogP contribution is 2.17. The number of aryl methyl sites for hydroxylation is 2. The molecule has 0 unspecified atom stereocenters. The normalized spacial score (nSPS) is 11.1. The number of carbonyl (C=O) groups is 1. The van der Waals surface area contributed by atoms with Gasteiger partial charge in [-0.15, -0.1) is 24.0 Å². The number of esters is 1. The van der Waals surface area contributed by atoms with E-state index in [4.69, 9.17) is 9.15 Å². The summed E-state index contributed by atoms with van der Waals surface area (Å²) in [5.41, 5.74) is 1.59. The third-order valence-corrected chi connectivity index (χ3v) is 4.36. The Kier molecular flexibility index (Phi) is 9.37. The van der Waals surface area contributed by atoms with Crippen molar-refractivity contribution in [2.24, 2.45) is 12.0 Å². The molecule has 27 heavy (non-hydrogen) atoms. The molecule has 0 aliphatic rings. The van der Waals surface area contributed by atoms with E-state index in [9.17, 15) is 4.79 Å². The SMILES string of the molecule is CCNC(=NCc1cc(C(=O)OC)c(C)o1)N(C)Cc1cc(Br)cn1C.I. The average molecular weight is 553 g/mol. The summed E-state index contributed by atoms with van der Waals surface area (Å²) in [5.74, 6) is 1.51. The number of hydrogen-bond donors (Lipinski definition) is 1. The van der Waals surface area contributed by atoms with Gasteiger partial charge in [-0.25, -0.2) is 9.79 Å². The van der Waals surface area contributed by atoms with Gasteiger partial charge in [0.25, 0.3) is 0 Å². The van der Waals surface area contributed by atoms with Crippen LogP contribution in [0.4, 0.5) is 0 Å². The van der Waals surface area contributed by atoms with Crippen LogP contribution in [0.3, 0.4) is 0 Å². The Morgan fingerprint density at radius 2 is 2.15 bits per heavy atom. The minimum Gasteiger partial charge on any atom is -0.465 e. The highest BCUT2D eigenvalue weighted by molar-refractivity contribution is 14.0. The molecule has 0 saturated heterocycles. The fourth-order valence-electron chi connectivity index (χ4n) is 2.60. The molecule has 0 bridgehead atoms. The third kappa shape index (κ3) is 6.27. The number of aliphatic imine (C=N–C) groups is 1. The first-order valence-corrected chi connectivity index (χ1v) is 9.12. The summed E-state index contributed by atoms with van der Waals surface area (Å²) in [5, 5.41) is 3.28. The van der Waals surface area contributed by atoms with Gasteiger partial charge in [0.15, 0.2) is 5.96 Å². The maximum Gasteiger partial charge on any atom is 0.341 e. The van der Waals surface area contributed by atoms with Crippen molar-refractivity contribution in [3.05, 3.63) is 45.6 Å². The van der Waals surface area contributed by atoms with Crippen LogP contribution in [-0.4, -0.2) is 42.1 Å². The Hall–Kier alpha value is -1.49. The summed E-state index contributed by atoms with van der Waals surface area (Å²) >= 11 is 3.49. The standard InChI is InChI=1S/C18H25BrN4O3.HI/c1-6-20-18(23(4)11-14-7-13(19)10-22(14)3)21-9-15-8-16(12(2)26-15)17(24)25-5;/h7-8,10H,6,9,11H2,1-5H3,(H,20,21);1H. The van der Waals surface area contributed by atoms with Crippen LogP contribution < -0.4 is 5.32 Å². The van der Waals surface area contributed by atoms with Crippen LogP contribution in [0.5, 0.6) is 0 Å². The molecule has 1 N–H and O–H groups in total. The minimum atomic E-state index is -0.403. The Morgan fingerprint density at radius 3 is 2.70 bits per heavy atom. The van der Waals surface area contributed by atoms with Crippen molar-refractivity contribution in [1.29, 1.82) is 0 Å². The Bertz CT molecular complexity index is 801. The third-order valence-electron chi connectivity index (χ3n) is 3.93. The molecule has 0 amide bonds. The van der Waals surface area contributed by atoms with Gasteiger partial charge in [-0.2, -0.15) is 0 Å². The lowest BCUT2D eigenvalue weighted by Crippen LogP contribution is -2.38. The average Bonchev–Trinajstić information content (AvgIpc) is 3.12. The zero-order chi connectivity index (χ0) is 19.3. The van der Waals surface area contributed by atoms with Crippen molar-refractivity contribution >= 4 is 51.8 Å². The van der Waals surface area contributed by atoms with Crippen LogP contribution in [0.2, 0.25) is 0 Å². The number of nitrogens with one attached hydrogen (secondary N) is 1. The van der Waals surface area contributed by atoms with Crippen LogP contribution in [0, 0.1) is 6.92 Å². The highest BCUT2D eigenvalue weighted by Gasteiger charge is 2.16. The zero-order valence-electron chi connectivity index (χ0n) is 16.2. The topological polar surface area (TPSA) is 72.0 Å². The number of rotatable bonds is 6. The summed E-state index contributed by atoms with van der Waals surface area (Å²) in [6.07, 6.45) is 2.02. The van der Waals surface area contributed by atoms with E-state index in [1.54, 1.807) is 13.0 Å². The first-order chi connectivity index (χ1) is 12.3. The van der Waals surface area contributed by atoms with Gasteiger partial charge in [0, 0.05) is 37.0 Å². The smallest absolute Gasteiger partial charge is 0.341 e. The molecule has 2 heterocycles. The molecule has 0 aromatic carbocycles. The summed E-state index contributed by atoms with van der Waals surface area (Å²) in [6, 6.07) is 3.77. The quantitative estimate of drug-likeness (QED) is 0.256. The number of furan rings is 1. The Morgan fingerprint density at radius 1 is 1.44 bits per heavy atom. The lowest BCUT2D eigenvalue weighted by atomic mass is 10.2. The van der Waals surface area contributed by atoms with E-state index in [0.29, 0.717) is 30.2 Å². The molecule has 2 aromatic rings. The summed E-state index contributed by atoms with van der Waals surface area (Å²) in [6.45, 7) is 5.56. The molecule has 7 nitrogen and oxygen atoms in total. The van der Waals surface area contributed by atoms with E-state index in [-0.39, 0.29) is 24.0 Å². The van der Waals surface area contributed by atoms with Gasteiger partial charge in [0.1, 0.15) is 23.6 Å². The van der Waals surface area contributed by atoms with Crippen molar-refractivity contribution in [3.8, 4) is 0 Å². The number of guanidine groups is 1. The Balaban J connectivity index is 0.00000364. The number of hydrogen-bond acceptors (Lipinski definition) is 4. The number of aromatic nitrogens is 1. The van der Waals surface area contributed by atoms with Crippen LogP contribution in [0.1, 0.15) is 34.5 Å². The molecule has 0 spiro atoms. The summed E-state index contributed by atoms with van der Waals surface area (Å²) in [7, 11) is 5.35. The lowest BCUT2D eigenvalue weighted by molar-refractivity contribution is 0.0599. The van der Waals surface area contributed by atoms with Gasteiger partial charge in [0.05, 0.1) is 13.7 Å². The van der Waals surface area contributed by atoms with Gasteiger partial charge < -0.3 is 23.9 Å². The molecular weight excluding hydrogens is 527 g/mol. The zero-order valence-corrected chi connectivity index (χ0v) is 20.1. The van der Waals surface area contributed by atoms with E-state index < -0.39 is 5.97 Å². The molecule has 0 fully saturated rings. The molecule has 2 rings (SSSR count). The number of carbonyl (C=O) groups excluding carboxylic acids is 1. The first-order valence-electron chi connectivity index (χ1n) is 8.33. The van der Waals surface area contributed by atoms with Crippen LogP contribution >= 0.6 is 39.9 Å². The van der Waals surface area contributed by atoms with Crippen molar-refractivity contribution in [2.45, 2.75) is 26.9 Å². The largest absolute Gasteiger partial charge is 0.465 e. The lowest BCUT2D eigenvalue weighted by Gasteiger charge is -2.22. The van der Waals surface area contributed by atoms with E-state index in [1.807, 2.05) is 32.1 Å². The van der Waals surface area contributed by atoms with Gasteiger partial charge >= 0.3 is 5.97 Å². The van der Waals surface area contributed by atoms with Gasteiger partial charge in [-0.3, -0.25) is 0 Å². The van der Waals surface area contributed by atoms with E-state index in [1.165, 1.54) is 7.11 Å². The second-order valence-electron chi connectivity index (χ2n) is 5.96. The van der Waals surface area contributed by atoms with Crippen molar-refractivity contribution in [2.75, 3.05) is 20.7 Å². The molecule has 0 aliphatic carbocycles. The van der Waals surface area contributed by atoms with Gasteiger partial charge in [0.2, 0.25) is 0 Å². The maximum atomic E-state index is 11.7. The Labute approximate surface area is 185 Å². The van der Waals surface area contributed by atoms with Crippen LogP contribution in [-0.2, 0) is 24.9 Å². The summed E-state index contributed by atoms with van der Waals surface area (Å²) < 4.78 is 13.5. The predicted octanol–water partition coefficient (Wildman–Crippen LogP) is 3.69. The highest BCUT2D eigenvalue weighted by atomic mass is 127. The molecular formula is C18H26BrIN4O3. The predicted molar refractivity (Wildman–Crippen MR) is 120 cm³/mol. The number of halogens is 2. The van der Waals surface area contributed by atoms with E-state index in [2.05, 4.69) is 36.9 Å². The summed E-state index contributed by atoms with van der Waals surface area (Å²) in [4.78, 5) is 18.4. The monoisotopic (exact) mass is 552 g/mol. The molecule has 0 aliphatic heterocycles. The van der Waals surface area contributed by atoms with E-state index >= 15 is 0 Å². The number of ether oxygens (including phenoxy) is 1. The van der Waals surface area contributed by atoms with Crippen LogP contribution in [0.15, 0.2) is 32.2 Å². The van der Waals surface area contributed by atoms with Crippen molar-refractivity contribution in [3.63, 3.8) is 0 Å². The van der Waals surface area contributed by atoms with E-state index in [0.717, 1.165) is 22.7 Å². The molecule has 0 saturated carbocycles. The number of nitrogens with zero attached hydrogens (tertiary/aromatic N) is 3. The van der Waals surface area contributed by atoms with Crippen molar-refractivity contribution in [1.82, 2.24) is 14.8 Å². The second kappa shape index (κ2) is 10.7. The van der Waals surface area contributed by atoms with Crippen LogP contribution in [0.25, 0.3) is 0 Å². The molecule has 0 radical (unpaired) electrons. The van der Waals surface area contributed by atoms with Crippen molar-refractivity contribution < 1.29 is 13.9 Å². The van der Waals surface area contributed by atoms with Gasteiger partial charge in [-0.1, -0.05) is 0 Å². The second-order valence-corrected chi connectivity index (χ2v) is 6.88. The fraction of sp³-hybridized carbons (Fsp3) is 0.444. The maximum absolute atomic E-state index is 11.7. The molecule has 9 heteroatoms. The van der Waals surface area contributed by atoms with Gasteiger partial charge in [-0.05, 0) is 41.9 Å². The first kappa shape index (κ1) is 23.5. The molecule has 150 valence electrons. The number of methoxy groups -OCH3 is 1. The minimum absolute atomic E-state index is 0. The fourth-order valence-corrected chi connectivity index (χ4v) is 3.17.